The maximum absolute atomic E-state index is 13.4. The fraction of sp³-hybridized carbons (Fsp3) is 0.448. The largest absolute Gasteiger partial charge is 0.491 e. The van der Waals surface area contributed by atoms with Crippen LogP contribution in [0.4, 0.5) is 0 Å². The topological polar surface area (TPSA) is 63.1 Å². The standard InChI is InChI=1S/C29H36ClN5O3/c1-32-11-13-34(14-12-32)28(36)17-29(23-37-27-9-7-26(30)8-10-27)22-33(15-16-38-29)19-25-18-31-35(21-25)20-24-5-3-2-4-6-24/h2-10,18,21H,11-17,19-20,22-23H2,1H3/t29-/m1/s1. The molecule has 1 atom stereocenters. The predicted octanol–water partition coefficient (Wildman–Crippen LogP) is 3.40. The second-order valence-corrected chi connectivity index (χ2v) is 10.8. The summed E-state index contributed by atoms with van der Waals surface area (Å²) in [5.41, 5.74) is 1.62. The summed E-state index contributed by atoms with van der Waals surface area (Å²) in [5, 5.41) is 5.23. The Labute approximate surface area is 229 Å². The summed E-state index contributed by atoms with van der Waals surface area (Å²) in [5.74, 6) is 0.832. The van der Waals surface area contributed by atoms with Gasteiger partial charge in [0.05, 0.1) is 25.8 Å². The molecule has 38 heavy (non-hydrogen) atoms. The fourth-order valence-corrected chi connectivity index (χ4v) is 5.22. The Kier molecular flexibility index (Phi) is 8.64. The average molecular weight is 538 g/mol. The molecule has 0 saturated carbocycles. The van der Waals surface area contributed by atoms with Gasteiger partial charge in [0.2, 0.25) is 5.91 Å². The smallest absolute Gasteiger partial charge is 0.225 e. The summed E-state index contributed by atoms with van der Waals surface area (Å²) in [4.78, 5) is 20.0. The molecule has 0 radical (unpaired) electrons. The molecule has 0 bridgehead atoms. The SMILES string of the molecule is CN1CCN(C(=O)C[C@]2(COc3ccc(Cl)cc3)CN(Cc3cnn(Cc4ccccc4)c3)CCO2)CC1. The first-order valence-corrected chi connectivity index (χ1v) is 13.6. The van der Waals surface area contributed by atoms with Crippen LogP contribution in [-0.2, 0) is 22.6 Å². The van der Waals surface area contributed by atoms with Gasteiger partial charge >= 0.3 is 0 Å². The van der Waals surface area contributed by atoms with Crippen LogP contribution in [0.15, 0.2) is 67.0 Å². The van der Waals surface area contributed by atoms with Crippen LogP contribution in [0.1, 0.15) is 17.5 Å². The van der Waals surface area contributed by atoms with Crippen LogP contribution in [0, 0.1) is 0 Å². The molecular weight excluding hydrogens is 502 g/mol. The summed E-state index contributed by atoms with van der Waals surface area (Å²) < 4.78 is 14.5. The van der Waals surface area contributed by atoms with E-state index in [2.05, 4.69) is 40.3 Å². The van der Waals surface area contributed by atoms with E-state index in [-0.39, 0.29) is 18.9 Å². The molecule has 1 amide bonds. The molecule has 0 unspecified atom stereocenters. The lowest BCUT2D eigenvalue weighted by atomic mass is 9.96. The molecule has 2 fully saturated rings. The van der Waals surface area contributed by atoms with Crippen molar-refractivity contribution < 1.29 is 14.3 Å². The molecule has 3 aromatic rings. The van der Waals surface area contributed by atoms with Crippen LogP contribution in [0.2, 0.25) is 5.02 Å². The fourth-order valence-electron chi connectivity index (χ4n) is 5.10. The number of piperazine rings is 1. The van der Waals surface area contributed by atoms with Crippen molar-refractivity contribution in [2.75, 3.05) is 59.5 Å². The maximum Gasteiger partial charge on any atom is 0.225 e. The van der Waals surface area contributed by atoms with E-state index in [9.17, 15) is 4.79 Å². The molecule has 0 N–H and O–H groups in total. The number of halogens is 1. The van der Waals surface area contributed by atoms with E-state index < -0.39 is 5.60 Å². The highest BCUT2D eigenvalue weighted by Gasteiger charge is 2.41. The summed E-state index contributed by atoms with van der Waals surface area (Å²) in [6, 6.07) is 17.6. The van der Waals surface area contributed by atoms with Gasteiger partial charge in [0.25, 0.3) is 0 Å². The van der Waals surface area contributed by atoms with Gasteiger partial charge in [-0.15, -0.1) is 0 Å². The minimum atomic E-state index is -0.738. The third-order valence-corrected chi connectivity index (χ3v) is 7.50. The van der Waals surface area contributed by atoms with Crippen molar-refractivity contribution in [1.29, 1.82) is 0 Å². The van der Waals surface area contributed by atoms with Gasteiger partial charge in [-0.1, -0.05) is 41.9 Å². The number of carbonyl (C=O) groups is 1. The molecule has 8 nitrogen and oxygen atoms in total. The number of ether oxygens (including phenoxy) is 2. The number of likely N-dealkylation sites (N-methyl/N-ethyl adjacent to an activating group) is 1. The Hall–Kier alpha value is -2.91. The Morgan fingerprint density at radius 2 is 1.76 bits per heavy atom. The van der Waals surface area contributed by atoms with Gasteiger partial charge in [-0.2, -0.15) is 5.10 Å². The highest BCUT2D eigenvalue weighted by atomic mass is 35.5. The lowest BCUT2D eigenvalue weighted by molar-refractivity contribution is -0.157. The number of rotatable bonds is 9. The monoisotopic (exact) mass is 537 g/mol. The van der Waals surface area contributed by atoms with Crippen molar-refractivity contribution in [2.24, 2.45) is 0 Å². The van der Waals surface area contributed by atoms with Gasteiger partial charge in [0.1, 0.15) is 18.0 Å². The van der Waals surface area contributed by atoms with Crippen LogP contribution < -0.4 is 4.74 Å². The van der Waals surface area contributed by atoms with Gasteiger partial charge in [-0.3, -0.25) is 14.4 Å². The van der Waals surface area contributed by atoms with Crippen molar-refractivity contribution >= 4 is 17.5 Å². The molecule has 2 aromatic carbocycles. The Morgan fingerprint density at radius 3 is 2.53 bits per heavy atom. The summed E-state index contributed by atoms with van der Waals surface area (Å²) in [6.07, 6.45) is 4.32. The van der Waals surface area contributed by atoms with Crippen LogP contribution in [0.25, 0.3) is 0 Å². The summed E-state index contributed by atoms with van der Waals surface area (Å²) in [7, 11) is 2.09. The van der Waals surface area contributed by atoms with E-state index in [1.807, 2.05) is 46.1 Å². The molecule has 3 heterocycles. The van der Waals surface area contributed by atoms with E-state index in [0.29, 0.717) is 23.9 Å². The van der Waals surface area contributed by atoms with E-state index in [0.717, 1.165) is 51.4 Å². The van der Waals surface area contributed by atoms with Crippen molar-refractivity contribution in [1.82, 2.24) is 24.5 Å². The zero-order valence-electron chi connectivity index (χ0n) is 22.0. The van der Waals surface area contributed by atoms with Gasteiger partial charge in [-0.05, 0) is 36.9 Å². The normalized spacial score (nSPS) is 20.9. The van der Waals surface area contributed by atoms with E-state index in [1.165, 1.54) is 5.56 Å². The van der Waals surface area contributed by atoms with E-state index in [1.54, 1.807) is 12.1 Å². The number of aromatic nitrogens is 2. The van der Waals surface area contributed by atoms with Gasteiger partial charge in [0.15, 0.2) is 0 Å². The molecule has 2 aliphatic rings. The van der Waals surface area contributed by atoms with Crippen LogP contribution >= 0.6 is 11.6 Å². The highest BCUT2D eigenvalue weighted by Crippen LogP contribution is 2.27. The molecule has 2 saturated heterocycles. The molecule has 9 heteroatoms. The quantitative estimate of drug-likeness (QED) is 0.417. The van der Waals surface area contributed by atoms with E-state index >= 15 is 0 Å². The Balaban J connectivity index is 1.26. The predicted molar refractivity (Wildman–Crippen MR) is 147 cm³/mol. The number of benzene rings is 2. The molecule has 5 rings (SSSR count). The van der Waals surface area contributed by atoms with Gasteiger partial charge < -0.3 is 19.3 Å². The van der Waals surface area contributed by atoms with Gasteiger partial charge in [-0.25, -0.2) is 0 Å². The third-order valence-electron chi connectivity index (χ3n) is 7.25. The maximum atomic E-state index is 13.4. The van der Waals surface area contributed by atoms with Crippen molar-refractivity contribution in [2.45, 2.75) is 25.1 Å². The van der Waals surface area contributed by atoms with E-state index in [4.69, 9.17) is 21.1 Å². The minimum Gasteiger partial charge on any atom is -0.491 e. The second kappa shape index (κ2) is 12.3. The Bertz CT molecular complexity index is 1180. The summed E-state index contributed by atoms with van der Waals surface area (Å²) >= 11 is 6.05. The molecule has 2 aliphatic heterocycles. The average Bonchev–Trinajstić information content (AvgIpc) is 3.36. The zero-order chi connectivity index (χ0) is 26.4. The molecule has 1 aromatic heterocycles. The second-order valence-electron chi connectivity index (χ2n) is 10.4. The first-order chi connectivity index (χ1) is 18.5. The molecule has 0 spiro atoms. The van der Waals surface area contributed by atoms with Crippen LogP contribution in [0.3, 0.4) is 0 Å². The first kappa shape index (κ1) is 26.7. The number of carbonyl (C=O) groups excluding carboxylic acids is 1. The lowest BCUT2D eigenvalue weighted by Crippen LogP contribution is -2.58. The number of nitrogens with zero attached hydrogens (tertiary/aromatic N) is 5. The minimum absolute atomic E-state index is 0.121. The van der Waals surface area contributed by atoms with Crippen LogP contribution in [-0.4, -0.2) is 95.5 Å². The summed E-state index contributed by atoms with van der Waals surface area (Å²) in [6.45, 7) is 6.96. The molecule has 202 valence electrons. The Morgan fingerprint density at radius 1 is 1.00 bits per heavy atom. The van der Waals surface area contributed by atoms with Crippen LogP contribution in [0.5, 0.6) is 5.75 Å². The molecular formula is C29H36ClN5O3. The number of hydrogen-bond acceptors (Lipinski definition) is 6. The first-order valence-electron chi connectivity index (χ1n) is 13.2. The van der Waals surface area contributed by atoms with Crippen molar-refractivity contribution in [3.8, 4) is 5.75 Å². The number of morpholine rings is 1. The van der Waals surface area contributed by atoms with Gasteiger partial charge in [0, 0.05) is 62.6 Å². The van der Waals surface area contributed by atoms with Crippen molar-refractivity contribution in [3.63, 3.8) is 0 Å². The molecule has 0 aliphatic carbocycles. The number of hydrogen-bond donors (Lipinski definition) is 0. The number of amides is 1. The lowest BCUT2D eigenvalue weighted by Gasteiger charge is -2.43. The third kappa shape index (κ3) is 7.14. The van der Waals surface area contributed by atoms with Crippen molar-refractivity contribution in [3.05, 3.63) is 83.1 Å². The zero-order valence-corrected chi connectivity index (χ0v) is 22.7. The highest BCUT2D eigenvalue weighted by molar-refractivity contribution is 6.30.